The van der Waals surface area contributed by atoms with Crippen LogP contribution >= 0.6 is 22.6 Å². The van der Waals surface area contributed by atoms with E-state index in [4.69, 9.17) is 9.47 Å². The summed E-state index contributed by atoms with van der Waals surface area (Å²) in [5.74, 6) is 1.15. The van der Waals surface area contributed by atoms with Crippen LogP contribution < -0.4 is 9.47 Å². The first-order valence-electron chi connectivity index (χ1n) is 7.19. The Hall–Kier alpha value is -1.56. The summed E-state index contributed by atoms with van der Waals surface area (Å²) in [5.41, 5.74) is 3.32. The maximum absolute atomic E-state index is 11.5. The van der Waals surface area contributed by atoms with Crippen molar-refractivity contribution in [3.8, 4) is 11.5 Å². The van der Waals surface area contributed by atoms with Crippen LogP contribution in [0.3, 0.4) is 0 Å². The van der Waals surface area contributed by atoms with Gasteiger partial charge in [-0.15, -0.1) is 0 Å². The number of benzene rings is 2. The van der Waals surface area contributed by atoms with Crippen molar-refractivity contribution >= 4 is 28.6 Å². The Labute approximate surface area is 144 Å². The van der Waals surface area contributed by atoms with Crippen molar-refractivity contribution in [3.63, 3.8) is 0 Å². The van der Waals surface area contributed by atoms with Crippen LogP contribution in [0.4, 0.5) is 0 Å². The van der Waals surface area contributed by atoms with Crippen LogP contribution in [0.25, 0.3) is 0 Å². The summed E-state index contributed by atoms with van der Waals surface area (Å²) in [5, 5.41) is 0. The summed E-state index contributed by atoms with van der Waals surface area (Å²) in [6.07, 6.45) is 0.350. The third-order valence-corrected chi connectivity index (χ3v) is 4.46. The molecule has 0 aliphatic heterocycles. The zero-order valence-corrected chi connectivity index (χ0v) is 15.1. The van der Waals surface area contributed by atoms with E-state index in [9.17, 15) is 4.79 Å². The van der Waals surface area contributed by atoms with Gasteiger partial charge in [0.05, 0.1) is 0 Å². The molecule has 0 spiro atoms. The van der Waals surface area contributed by atoms with Gasteiger partial charge < -0.3 is 9.47 Å². The molecule has 0 atom stereocenters. The van der Waals surface area contributed by atoms with E-state index in [1.165, 1.54) is 11.1 Å². The smallest absolute Gasteiger partial charge is 0.310 e. The maximum atomic E-state index is 11.5. The lowest BCUT2D eigenvalue weighted by molar-refractivity contribution is -0.134. The second-order valence-corrected chi connectivity index (χ2v) is 6.24. The Bertz CT molecular complexity index is 680. The molecule has 22 heavy (non-hydrogen) atoms. The SMILES string of the molecule is CCC(=O)Oc1cccc(I)c1COc1ccc(C)c(C)c1. The molecule has 0 heterocycles. The van der Waals surface area contributed by atoms with E-state index in [0.29, 0.717) is 18.8 Å². The van der Waals surface area contributed by atoms with Gasteiger partial charge in [0.1, 0.15) is 18.1 Å². The summed E-state index contributed by atoms with van der Waals surface area (Å²) in [6.45, 7) is 6.28. The number of hydrogen-bond donors (Lipinski definition) is 0. The molecule has 4 heteroatoms. The number of rotatable bonds is 5. The van der Waals surface area contributed by atoms with E-state index in [-0.39, 0.29) is 5.97 Å². The second kappa shape index (κ2) is 7.63. The first-order chi connectivity index (χ1) is 10.5. The Morgan fingerprint density at radius 3 is 2.59 bits per heavy atom. The first-order valence-corrected chi connectivity index (χ1v) is 8.27. The normalized spacial score (nSPS) is 10.4. The number of esters is 1. The molecule has 0 aromatic heterocycles. The van der Waals surface area contributed by atoms with Gasteiger partial charge in [-0.25, -0.2) is 0 Å². The van der Waals surface area contributed by atoms with Gasteiger partial charge in [-0.1, -0.05) is 19.1 Å². The van der Waals surface area contributed by atoms with Gasteiger partial charge in [0.2, 0.25) is 0 Å². The molecular formula is C18H19IO3. The second-order valence-electron chi connectivity index (χ2n) is 5.08. The number of aryl methyl sites for hydroxylation is 2. The van der Waals surface area contributed by atoms with Crippen LogP contribution in [0.15, 0.2) is 36.4 Å². The predicted molar refractivity (Wildman–Crippen MR) is 95.3 cm³/mol. The lowest BCUT2D eigenvalue weighted by Crippen LogP contribution is -2.09. The van der Waals surface area contributed by atoms with E-state index >= 15 is 0 Å². The molecule has 116 valence electrons. The molecule has 2 aromatic rings. The summed E-state index contributed by atoms with van der Waals surface area (Å²) >= 11 is 2.23. The third-order valence-electron chi connectivity index (χ3n) is 3.45. The van der Waals surface area contributed by atoms with Crippen LogP contribution in [0.1, 0.15) is 30.0 Å². The van der Waals surface area contributed by atoms with Gasteiger partial charge in [0.25, 0.3) is 0 Å². The standard InChI is InChI=1S/C18H19IO3/c1-4-18(20)22-17-7-5-6-16(19)15(17)11-21-14-9-8-12(2)13(3)10-14/h5-10H,4,11H2,1-3H3. The topological polar surface area (TPSA) is 35.5 Å². The minimum Gasteiger partial charge on any atom is -0.489 e. The zero-order valence-electron chi connectivity index (χ0n) is 13.0. The molecule has 0 radical (unpaired) electrons. The number of halogens is 1. The van der Waals surface area contributed by atoms with Crippen LogP contribution in [-0.2, 0) is 11.4 Å². The monoisotopic (exact) mass is 410 g/mol. The van der Waals surface area contributed by atoms with Crippen molar-refractivity contribution in [1.82, 2.24) is 0 Å². The van der Waals surface area contributed by atoms with Crippen LogP contribution in [0, 0.1) is 17.4 Å². The summed E-state index contributed by atoms with van der Waals surface area (Å²) in [4.78, 5) is 11.5. The molecule has 0 N–H and O–H groups in total. The van der Waals surface area contributed by atoms with Gasteiger partial charge in [0.15, 0.2) is 0 Å². The summed E-state index contributed by atoms with van der Waals surface area (Å²) in [7, 11) is 0. The van der Waals surface area contributed by atoms with Gasteiger partial charge in [-0.3, -0.25) is 4.79 Å². The number of hydrogen-bond acceptors (Lipinski definition) is 3. The Morgan fingerprint density at radius 2 is 1.91 bits per heavy atom. The van der Waals surface area contributed by atoms with Gasteiger partial charge >= 0.3 is 5.97 Å². The molecular weight excluding hydrogens is 391 g/mol. The average Bonchev–Trinajstić information content (AvgIpc) is 2.50. The Morgan fingerprint density at radius 1 is 1.14 bits per heavy atom. The van der Waals surface area contributed by atoms with Crippen molar-refractivity contribution in [1.29, 1.82) is 0 Å². The lowest BCUT2D eigenvalue weighted by atomic mass is 10.1. The molecule has 0 saturated heterocycles. The van der Waals surface area contributed by atoms with Crippen molar-refractivity contribution < 1.29 is 14.3 Å². The first kappa shape index (κ1) is 16.8. The van der Waals surface area contributed by atoms with Crippen molar-refractivity contribution in [2.45, 2.75) is 33.8 Å². The minimum absolute atomic E-state index is 0.241. The molecule has 2 aromatic carbocycles. The highest BCUT2D eigenvalue weighted by Crippen LogP contribution is 2.26. The average molecular weight is 410 g/mol. The largest absolute Gasteiger partial charge is 0.489 e. The van der Waals surface area contributed by atoms with Crippen molar-refractivity contribution in [2.75, 3.05) is 0 Å². The predicted octanol–water partition coefficient (Wildman–Crippen LogP) is 4.80. The zero-order chi connectivity index (χ0) is 16.1. The highest BCUT2D eigenvalue weighted by atomic mass is 127. The van der Waals surface area contributed by atoms with E-state index in [0.717, 1.165) is 14.9 Å². The van der Waals surface area contributed by atoms with Crippen LogP contribution in [0.2, 0.25) is 0 Å². The molecule has 0 unspecified atom stereocenters. The molecule has 2 rings (SSSR count). The van der Waals surface area contributed by atoms with E-state index in [1.807, 2.05) is 30.3 Å². The van der Waals surface area contributed by atoms with E-state index in [2.05, 4.69) is 36.4 Å². The van der Waals surface area contributed by atoms with Gasteiger partial charge in [-0.2, -0.15) is 0 Å². The number of carbonyl (C=O) groups is 1. The van der Waals surface area contributed by atoms with Crippen LogP contribution in [-0.4, -0.2) is 5.97 Å². The minimum atomic E-state index is -0.241. The Balaban J connectivity index is 2.17. The molecule has 0 fully saturated rings. The third kappa shape index (κ3) is 4.22. The van der Waals surface area contributed by atoms with Crippen molar-refractivity contribution in [3.05, 3.63) is 56.7 Å². The fraction of sp³-hybridized carbons (Fsp3) is 0.278. The Kier molecular flexibility index (Phi) is 5.83. The molecule has 0 bridgehead atoms. The maximum Gasteiger partial charge on any atom is 0.310 e. The van der Waals surface area contributed by atoms with Gasteiger partial charge in [0, 0.05) is 15.6 Å². The summed E-state index contributed by atoms with van der Waals surface area (Å²) in [6, 6.07) is 11.7. The van der Waals surface area contributed by atoms with E-state index < -0.39 is 0 Å². The lowest BCUT2D eigenvalue weighted by Gasteiger charge is -2.13. The molecule has 0 aliphatic rings. The molecule has 0 amide bonds. The highest BCUT2D eigenvalue weighted by molar-refractivity contribution is 14.1. The molecule has 3 nitrogen and oxygen atoms in total. The number of carbonyl (C=O) groups excluding carboxylic acids is 1. The highest BCUT2D eigenvalue weighted by Gasteiger charge is 2.12. The van der Waals surface area contributed by atoms with Gasteiger partial charge in [-0.05, 0) is 71.8 Å². The van der Waals surface area contributed by atoms with E-state index in [1.54, 1.807) is 13.0 Å². The number of ether oxygens (including phenoxy) is 2. The quantitative estimate of drug-likeness (QED) is 0.404. The van der Waals surface area contributed by atoms with Crippen molar-refractivity contribution in [2.24, 2.45) is 0 Å². The molecule has 0 saturated carbocycles. The fourth-order valence-corrected chi connectivity index (χ4v) is 2.56. The molecule has 0 aliphatic carbocycles. The summed E-state index contributed by atoms with van der Waals surface area (Å²) < 4.78 is 12.3. The fourth-order valence-electron chi connectivity index (χ4n) is 1.93. The van der Waals surface area contributed by atoms with Crippen LogP contribution in [0.5, 0.6) is 11.5 Å².